The average molecular weight is 380 g/mol. The Balaban J connectivity index is 1.55. The number of amides is 1. The number of H-pyrrole nitrogens is 1. The number of aryl methyl sites for hydroxylation is 1. The highest BCUT2D eigenvalue weighted by atomic mass is 19.1. The van der Waals surface area contributed by atoms with Crippen molar-refractivity contribution >= 4 is 28.2 Å². The number of fused-ring (bicyclic) bond motifs is 1. The fraction of sp³-hybridized carbons (Fsp3) is 0.318. The van der Waals surface area contributed by atoms with E-state index >= 15 is 0 Å². The van der Waals surface area contributed by atoms with E-state index < -0.39 is 0 Å². The first-order valence-electron chi connectivity index (χ1n) is 9.57. The van der Waals surface area contributed by atoms with Crippen LogP contribution in [0.1, 0.15) is 23.0 Å². The number of anilines is 2. The Kier molecular flexibility index (Phi) is 4.81. The maximum absolute atomic E-state index is 14.0. The zero-order valence-corrected chi connectivity index (χ0v) is 16.4. The summed E-state index contributed by atoms with van der Waals surface area (Å²) >= 11 is 0. The zero-order valence-electron chi connectivity index (χ0n) is 16.4. The third-order valence-electron chi connectivity index (χ3n) is 5.46. The van der Waals surface area contributed by atoms with Gasteiger partial charge < -0.3 is 20.1 Å². The third-order valence-corrected chi connectivity index (χ3v) is 5.46. The normalized spacial score (nSPS) is 17.9. The van der Waals surface area contributed by atoms with Crippen molar-refractivity contribution in [1.82, 2.24) is 9.88 Å². The number of piperazine rings is 1. The van der Waals surface area contributed by atoms with Gasteiger partial charge in [-0.2, -0.15) is 0 Å². The molecule has 3 aromatic rings. The van der Waals surface area contributed by atoms with Gasteiger partial charge in [-0.25, -0.2) is 4.39 Å². The largest absolute Gasteiger partial charge is 0.366 e. The maximum Gasteiger partial charge on any atom is 0.272 e. The molecule has 1 aliphatic heterocycles. The monoisotopic (exact) mass is 380 g/mol. The molecule has 0 spiro atoms. The third kappa shape index (κ3) is 3.47. The van der Waals surface area contributed by atoms with Crippen molar-refractivity contribution in [2.45, 2.75) is 19.9 Å². The van der Waals surface area contributed by atoms with Gasteiger partial charge in [-0.1, -0.05) is 12.1 Å². The van der Waals surface area contributed by atoms with Crippen molar-refractivity contribution in [2.24, 2.45) is 0 Å². The lowest BCUT2D eigenvalue weighted by molar-refractivity contribution is 0.102. The molecule has 0 aliphatic carbocycles. The van der Waals surface area contributed by atoms with Crippen molar-refractivity contribution in [3.05, 3.63) is 59.5 Å². The van der Waals surface area contributed by atoms with Gasteiger partial charge in [0.25, 0.3) is 5.91 Å². The van der Waals surface area contributed by atoms with Crippen LogP contribution in [0, 0.1) is 12.7 Å². The van der Waals surface area contributed by atoms with Crippen LogP contribution in [0.15, 0.2) is 42.5 Å². The predicted octanol–water partition coefficient (Wildman–Crippen LogP) is 4.01. The molecule has 6 heteroatoms. The van der Waals surface area contributed by atoms with E-state index in [9.17, 15) is 9.18 Å². The molecule has 2 aromatic carbocycles. The highest BCUT2D eigenvalue weighted by Gasteiger charge is 2.22. The maximum atomic E-state index is 14.0. The van der Waals surface area contributed by atoms with Crippen LogP contribution in [0.5, 0.6) is 0 Å². The fourth-order valence-corrected chi connectivity index (χ4v) is 3.93. The number of benzene rings is 2. The van der Waals surface area contributed by atoms with Crippen LogP contribution in [-0.2, 0) is 0 Å². The smallest absolute Gasteiger partial charge is 0.272 e. The Hall–Kier alpha value is -2.86. The number of aromatic amines is 1. The Morgan fingerprint density at radius 1 is 1.21 bits per heavy atom. The molecule has 1 unspecified atom stereocenters. The predicted molar refractivity (Wildman–Crippen MR) is 112 cm³/mol. The minimum Gasteiger partial charge on any atom is -0.366 e. The van der Waals surface area contributed by atoms with Gasteiger partial charge in [0.2, 0.25) is 0 Å². The van der Waals surface area contributed by atoms with Crippen LogP contribution in [-0.4, -0.2) is 48.5 Å². The first kappa shape index (κ1) is 18.5. The fourth-order valence-electron chi connectivity index (χ4n) is 3.93. The molecule has 1 saturated heterocycles. The van der Waals surface area contributed by atoms with Gasteiger partial charge in [0.1, 0.15) is 11.5 Å². The zero-order chi connectivity index (χ0) is 19.8. The van der Waals surface area contributed by atoms with Crippen molar-refractivity contribution in [1.29, 1.82) is 0 Å². The molecule has 1 atom stereocenters. The van der Waals surface area contributed by atoms with Gasteiger partial charge in [0.05, 0.1) is 5.52 Å². The molecule has 0 radical (unpaired) electrons. The molecule has 1 aliphatic rings. The Labute approximate surface area is 164 Å². The van der Waals surface area contributed by atoms with Crippen LogP contribution in [0.25, 0.3) is 10.9 Å². The van der Waals surface area contributed by atoms with E-state index in [1.54, 1.807) is 12.1 Å². The van der Waals surface area contributed by atoms with E-state index in [2.05, 4.69) is 40.1 Å². The number of aromatic nitrogens is 1. The van der Waals surface area contributed by atoms with Crippen LogP contribution in [0.4, 0.5) is 15.8 Å². The molecule has 1 aromatic heterocycles. The second-order valence-electron chi connectivity index (χ2n) is 7.65. The van der Waals surface area contributed by atoms with Crippen molar-refractivity contribution in [3.8, 4) is 0 Å². The number of rotatable bonds is 3. The van der Waals surface area contributed by atoms with E-state index in [4.69, 9.17) is 0 Å². The van der Waals surface area contributed by atoms with Gasteiger partial charge in [0, 0.05) is 42.4 Å². The summed E-state index contributed by atoms with van der Waals surface area (Å²) in [6, 6.07) is 13.0. The Morgan fingerprint density at radius 2 is 2.04 bits per heavy atom. The topological polar surface area (TPSA) is 51.4 Å². The summed E-state index contributed by atoms with van der Waals surface area (Å²) in [5, 5.41) is 3.37. The highest BCUT2D eigenvalue weighted by molar-refractivity contribution is 6.06. The van der Waals surface area contributed by atoms with E-state index in [0.717, 1.165) is 36.6 Å². The number of hydrogen-bond acceptors (Lipinski definition) is 3. The first-order chi connectivity index (χ1) is 13.4. The molecular weight excluding hydrogens is 355 g/mol. The number of carbonyl (C=O) groups excluding carboxylic acids is 1. The number of nitrogens with one attached hydrogen (secondary N) is 2. The minimum absolute atomic E-state index is 0.279. The van der Waals surface area contributed by atoms with E-state index in [-0.39, 0.29) is 11.7 Å². The summed E-state index contributed by atoms with van der Waals surface area (Å²) in [5.74, 6) is -0.611. The molecular formula is C22H25FN4O. The average Bonchev–Trinajstić information content (AvgIpc) is 3.12. The summed E-state index contributed by atoms with van der Waals surface area (Å²) < 4.78 is 14.0. The summed E-state index contributed by atoms with van der Waals surface area (Å²) in [7, 11) is 2.13. The van der Waals surface area contributed by atoms with Crippen molar-refractivity contribution < 1.29 is 9.18 Å². The summed E-state index contributed by atoms with van der Waals surface area (Å²) in [6.45, 7) is 7.08. The van der Waals surface area contributed by atoms with Crippen LogP contribution in [0.2, 0.25) is 0 Å². The lowest BCUT2D eigenvalue weighted by Gasteiger charge is -2.40. The number of nitrogens with zero attached hydrogens (tertiary/aromatic N) is 2. The van der Waals surface area contributed by atoms with E-state index in [0.29, 0.717) is 22.6 Å². The number of hydrogen-bond donors (Lipinski definition) is 2. The summed E-state index contributed by atoms with van der Waals surface area (Å²) in [5.41, 5.74) is 3.73. The first-order valence-corrected chi connectivity index (χ1v) is 9.57. The number of carbonyl (C=O) groups is 1. The standard InChI is InChI=1S/C22H25FN4O/c1-14-7-8-19(23)18-12-20(25-21(14)18)22(28)24-16-5-4-6-17(11-16)27-10-9-26(3)13-15(27)2/h4-8,11-12,15,25H,9-10,13H2,1-3H3,(H,24,28). The molecule has 5 nitrogen and oxygen atoms in total. The SMILES string of the molecule is Cc1ccc(F)c2cc(C(=O)Nc3cccc(N4CCN(C)CC4C)c3)[nH]c12. The van der Waals surface area contributed by atoms with Crippen LogP contribution < -0.4 is 10.2 Å². The number of halogens is 1. The summed E-state index contributed by atoms with van der Waals surface area (Å²) in [4.78, 5) is 20.4. The quantitative estimate of drug-likeness (QED) is 0.722. The Bertz CT molecular complexity index is 990. The van der Waals surface area contributed by atoms with Crippen LogP contribution >= 0.6 is 0 Å². The number of likely N-dealkylation sites (N-methyl/N-ethyl adjacent to an activating group) is 1. The molecule has 1 amide bonds. The van der Waals surface area contributed by atoms with E-state index in [1.807, 2.05) is 25.1 Å². The molecule has 0 saturated carbocycles. The molecule has 2 heterocycles. The van der Waals surface area contributed by atoms with E-state index in [1.165, 1.54) is 6.07 Å². The second-order valence-corrected chi connectivity index (χ2v) is 7.65. The van der Waals surface area contributed by atoms with Gasteiger partial charge in [-0.15, -0.1) is 0 Å². The molecule has 1 fully saturated rings. The molecule has 146 valence electrons. The molecule has 28 heavy (non-hydrogen) atoms. The van der Waals surface area contributed by atoms with Crippen molar-refractivity contribution in [3.63, 3.8) is 0 Å². The Morgan fingerprint density at radius 3 is 2.79 bits per heavy atom. The van der Waals surface area contributed by atoms with Crippen LogP contribution in [0.3, 0.4) is 0 Å². The summed E-state index contributed by atoms with van der Waals surface area (Å²) in [6.07, 6.45) is 0. The van der Waals surface area contributed by atoms with Gasteiger partial charge in [0.15, 0.2) is 0 Å². The minimum atomic E-state index is -0.332. The molecule has 2 N–H and O–H groups in total. The second kappa shape index (κ2) is 7.28. The lowest BCUT2D eigenvalue weighted by atomic mass is 10.1. The molecule has 4 rings (SSSR count). The lowest BCUT2D eigenvalue weighted by Crippen LogP contribution is -2.50. The van der Waals surface area contributed by atoms with Gasteiger partial charge >= 0.3 is 0 Å². The molecule has 0 bridgehead atoms. The van der Waals surface area contributed by atoms with Crippen molar-refractivity contribution in [2.75, 3.05) is 36.9 Å². The van der Waals surface area contributed by atoms with Gasteiger partial charge in [-0.3, -0.25) is 4.79 Å². The highest BCUT2D eigenvalue weighted by Crippen LogP contribution is 2.25. The van der Waals surface area contributed by atoms with Gasteiger partial charge in [-0.05, 0) is 56.8 Å².